The molecule has 0 bridgehead atoms. The molecule has 0 radical (unpaired) electrons. The molecule has 0 aliphatic carbocycles. The van der Waals surface area contributed by atoms with Crippen LogP contribution >= 0.6 is 0 Å². The van der Waals surface area contributed by atoms with Crippen molar-refractivity contribution in [2.24, 2.45) is 5.92 Å². The maximum Gasteiger partial charge on any atom is 0.308 e. The lowest BCUT2D eigenvalue weighted by Gasteiger charge is -2.31. The van der Waals surface area contributed by atoms with E-state index in [0.717, 1.165) is 31.0 Å². The summed E-state index contributed by atoms with van der Waals surface area (Å²) in [5.41, 5.74) is 0. The fourth-order valence-electron chi connectivity index (χ4n) is 2.11. The van der Waals surface area contributed by atoms with Gasteiger partial charge in [0.2, 0.25) is 0 Å². The van der Waals surface area contributed by atoms with Gasteiger partial charge in [-0.3, -0.25) is 4.79 Å². The van der Waals surface area contributed by atoms with Gasteiger partial charge in [-0.25, -0.2) is 0 Å². The van der Waals surface area contributed by atoms with Crippen LogP contribution in [0.3, 0.4) is 0 Å². The van der Waals surface area contributed by atoms with Crippen LogP contribution in [0.2, 0.25) is 0 Å². The van der Waals surface area contributed by atoms with Gasteiger partial charge in [-0.15, -0.1) is 10.2 Å². The Morgan fingerprint density at radius 3 is 2.78 bits per heavy atom. The molecule has 1 aliphatic rings. The number of hydrogen-bond donors (Lipinski definition) is 1. The summed E-state index contributed by atoms with van der Waals surface area (Å²) in [6, 6.07) is 3.79. The van der Waals surface area contributed by atoms with E-state index in [1.807, 2.05) is 36.0 Å². The van der Waals surface area contributed by atoms with Gasteiger partial charge in [-0.05, 0) is 25.0 Å². The van der Waals surface area contributed by atoms with E-state index in [9.17, 15) is 4.79 Å². The number of piperidine rings is 1. The van der Waals surface area contributed by atoms with Gasteiger partial charge in [-0.2, -0.15) is 0 Å². The number of carbonyl (C=O) groups is 1. The molecule has 1 unspecified atom stereocenters. The summed E-state index contributed by atoms with van der Waals surface area (Å²) in [5, 5.41) is 17.3. The minimum absolute atomic E-state index is 0.297. The Labute approximate surface area is 106 Å². The van der Waals surface area contributed by atoms with E-state index in [0.29, 0.717) is 6.54 Å². The third-order valence-corrected chi connectivity index (χ3v) is 3.19. The number of rotatable bonds is 3. The van der Waals surface area contributed by atoms with Gasteiger partial charge < -0.3 is 14.9 Å². The lowest BCUT2D eigenvalue weighted by atomic mass is 9.98. The standard InChI is InChI=1S/C12H18N4O2/c1-15(2)10-5-6-11(14-13-10)16-7-3-4-9(8-16)12(17)18/h5-6,9H,3-4,7-8H2,1-2H3,(H,17,18). The molecule has 1 aliphatic heterocycles. The summed E-state index contributed by atoms with van der Waals surface area (Å²) in [5.74, 6) is 0.531. The molecular formula is C12H18N4O2. The Bertz CT molecular complexity index is 419. The van der Waals surface area contributed by atoms with Crippen LogP contribution < -0.4 is 9.80 Å². The Morgan fingerprint density at radius 2 is 2.22 bits per heavy atom. The SMILES string of the molecule is CN(C)c1ccc(N2CCCC(C(=O)O)C2)nn1. The maximum atomic E-state index is 11.0. The van der Waals surface area contributed by atoms with Gasteiger partial charge in [0.05, 0.1) is 5.92 Å². The topological polar surface area (TPSA) is 69.6 Å². The fourth-order valence-corrected chi connectivity index (χ4v) is 2.11. The summed E-state index contributed by atoms with van der Waals surface area (Å²) < 4.78 is 0. The van der Waals surface area contributed by atoms with Gasteiger partial charge in [0.15, 0.2) is 11.6 Å². The van der Waals surface area contributed by atoms with Crippen molar-refractivity contribution in [2.75, 3.05) is 37.0 Å². The van der Waals surface area contributed by atoms with Gasteiger partial charge in [-0.1, -0.05) is 0 Å². The molecule has 1 fully saturated rings. The fraction of sp³-hybridized carbons (Fsp3) is 0.583. The molecule has 0 saturated carbocycles. The monoisotopic (exact) mass is 250 g/mol. The summed E-state index contributed by atoms with van der Waals surface area (Å²) in [4.78, 5) is 14.9. The van der Waals surface area contributed by atoms with Crippen molar-refractivity contribution in [2.45, 2.75) is 12.8 Å². The molecule has 1 N–H and O–H groups in total. The first-order valence-electron chi connectivity index (χ1n) is 6.06. The van der Waals surface area contributed by atoms with Gasteiger partial charge in [0.25, 0.3) is 0 Å². The summed E-state index contributed by atoms with van der Waals surface area (Å²) in [6.07, 6.45) is 1.63. The average molecular weight is 250 g/mol. The van der Waals surface area contributed by atoms with Crippen molar-refractivity contribution in [3.63, 3.8) is 0 Å². The van der Waals surface area contributed by atoms with Crippen LogP contribution in [0.1, 0.15) is 12.8 Å². The van der Waals surface area contributed by atoms with Crippen molar-refractivity contribution in [3.8, 4) is 0 Å². The van der Waals surface area contributed by atoms with Crippen molar-refractivity contribution in [3.05, 3.63) is 12.1 Å². The average Bonchev–Trinajstić information content (AvgIpc) is 2.39. The van der Waals surface area contributed by atoms with E-state index in [-0.39, 0.29) is 5.92 Å². The van der Waals surface area contributed by atoms with Crippen LogP contribution in [0.25, 0.3) is 0 Å². The van der Waals surface area contributed by atoms with E-state index in [4.69, 9.17) is 5.11 Å². The first-order chi connectivity index (χ1) is 8.58. The second-order valence-corrected chi connectivity index (χ2v) is 4.77. The van der Waals surface area contributed by atoms with E-state index in [1.54, 1.807) is 0 Å². The predicted molar refractivity (Wildman–Crippen MR) is 68.9 cm³/mol. The van der Waals surface area contributed by atoms with Crippen molar-refractivity contribution >= 4 is 17.6 Å². The number of aliphatic carboxylic acids is 1. The van der Waals surface area contributed by atoms with Crippen molar-refractivity contribution < 1.29 is 9.90 Å². The van der Waals surface area contributed by atoms with Crippen LogP contribution in [0, 0.1) is 5.92 Å². The molecule has 2 rings (SSSR count). The first kappa shape index (κ1) is 12.6. The summed E-state index contributed by atoms with van der Waals surface area (Å²) >= 11 is 0. The number of hydrogen-bond acceptors (Lipinski definition) is 5. The number of carboxylic acid groups (broad SMARTS) is 1. The lowest BCUT2D eigenvalue weighted by molar-refractivity contribution is -0.141. The van der Waals surface area contributed by atoms with Crippen molar-refractivity contribution in [1.82, 2.24) is 10.2 Å². The minimum Gasteiger partial charge on any atom is -0.481 e. The van der Waals surface area contributed by atoms with Crippen LogP contribution in [-0.4, -0.2) is 48.5 Å². The predicted octanol–water partition coefficient (Wildman–Crippen LogP) is 0.844. The third kappa shape index (κ3) is 2.69. The van der Waals surface area contributed by atoms with E-state index >= 15 is 0 Å². The smallest absolute Gasteiger partial charge is 0.308 e. The number of carboxylic acids is 1. The Kier molecular flexibility index (Phi) is 3.64. The van der Waals surface area contributed by atoms with Crippen LogP contribution in [0.4, 0.5) is 11.6 Å². The third-order valence-electron chi connectivity index (χ3n) is 3.19. The molecule has 0 spiro atoms. The van der Waals surface area contributed by atoms with E-state index in [1.165, 1.54) is 0 Å². The molecule has 1 aromatic rings. The number of nitrogens with zero attached hydrogens (tertiary/aromatic N) is 4. The Morgan fingerprint density at radius 1 is 1.44 bits per heavy atom. The second kappa shape index (κ2) is 5.20. The zero-order valence-electron chi connectivity index (χ0n) is 10.7. The maximum absolute atomic E-state index is 11.0. The Hall–Kier alpha value is -1.85. The number of aromatic nitrogens is 2. The molecule has 2 heterocycles. The largest absolute Gasteiger partial charge is 0.481 e. The highest BCUT2D eigenvalue weighted by atomic mass is 16.4. The van der Waals surface area contributed by atoms with Gasteiger partial charge in [0, 0.05) is 27.2 Å². The molecule has 1 saturated heterocycles. The van der Waals surface area contributed by atoms with Crippen LogP contribution in [0.5, 0.6) is 0 Å². The highest BCUT2D eigenvalue weighted by molar-refractivity contribution is 5.71. The van der Waals surface area contributed by atoms with Crippen LogP contribution in [0.15, 0.2) is 12.1 Å². The molecule has 6 heteroatoms. The van der Waals surface area contributed by atoms with Gasteiger partial charge in [0.1, 0.15) is 0 Å². The highest BCUT2D eigenvalue weighted by Crippen LogP contribution is 2.22. The molecule has 1 aromatic heterocycles. The molecular weight excluding hydrogens is 232 g/mol. The quantitative estimate of drug-likeness (QED) is 0.857. The Balaban J connectivity index is 2.09. The van der Waals surface area contributed by atoms with E-state index in [2.05, 4.69) is 10.2 Å². The highest BCUT2D eigenvalue weighted by Gasteiger charge is 2.26. The van der Waals surface area contributed by atoms with Crippen LogP contribution in [-0.2, 0) is 4.79 Å². The molecule has 18 heavy (non-hydrogen) atoms. The van der Waals surface area contributed by atoms with E-state index < -0.39 is 5.97 Å². The normalized spacial score (nSPS) is 19.7. The first-order valence-corrected chi connectivity index (χ1v) is 6.06. The summed E-state index contributed by atoms with van der Waals surface area (Å²) in [6.45, 7) is 1.37. The summed E-state index contributed by atoms with van der Waals surface area (Å²) in [7, 11) is 3.82. The second-order valence-electron chi connectivity index (χ2n) is 4.77. The molecule has 0 amide bonds. The zero-order valence-corrected chi connectivity index (χ0v) is 10.7. The van der Waals surface area contributed by atoms with Crippen molar-refractivity contribution in [1.29, 1.82) is 0 Å². The minimum atomic E-state index is -0.724. The van der Waals surface area contributed by atoms with Gasteiger partial charge >= 0.3 is 5.97 Å². The molecule has 0 aromatic carbocycles. The number of anilines is 2. The molecule has 98 valence electrons. The molecule has 6 nitrogen and oxygen atoms in total. The molecule has 1 atom stereocenters. The lowest BCUT2D eigenvalue weighted by Crippen LogP contribution is -2.39. The zero-order chi connectivity index (χ0) is 13.1.